The van der Waals surface area contributed by atoms with Crippen LogP contribution in [0.25, 0.3) is 0 Å². The van der Waals surface area contributed by atoms with E-state index in [-0.39, 0.29) is 17.5 Å². The quantitative estimate of drug-likeness (QED) is 0.759. The molecule has 0 bridgehead atoms. The lowest BCUT2D eigenvalue weighted by Crippen LogP contribution is -2.36. The summed E-state index contributed by atoms with van der Waals surface area (Å²) < 4.78 is 32.3. The van der Waals surface area contributed by atoms with E-state index >= 15 is 0 Å². The number of hydrogen-bond acceptors (Lipinski definition) is 4. The lowest BCUT2D eigenvalue weighted by Gasteiger charge is -2.14. The average molecular weight is 297 g/mol. The van der Waals surface area contributed by atoms with Crippen molar-refractivity contribution in [1.29, 1.82) is 0 Å². The molecule has 1 rings (SSSR count). The minimum atomic E-state index is -3.67. The van der Waals surface area contributed by atoms with Crippen LogP contribution in [0, 0.1) is 11.8 Å². The molecule has 1 aromatic rings. The third kappa shape index (κ3) is 4.94. The first-order valence-corrected chi connectivity index (χ1v) is 7.78. The van der Waals surface area contributed by atoms with E-state index < -0.39 is 10.0 Å². The van der Waals surface area contributed by atoms with Crippen molar-refractivity contribution in [3.05, 3.63) is 29.8 Å². The Kier molecular flexibility index (Phi) is 6.68. The van der Waals surface area contributed by atoms with Gasteiger partial charge in [-0.3, -0.25) is 0 Å². The van der Waals surface area contributed by atoms with Crippen LogP contribution in [0.1, 0.15) is 19.4 Å². The van der Waals surface area contributed by atoms with Gasteiger partial charge in [0.25, 0.3) is 0 Å². The summed E-state index contributed by atoms with van der Waals surface area (Å²) in [5.41, 5.74) is 0.359. The molecule has 0 amide bonds. The Hall–Kier alpha value is -1.39. The molecule has 0 saturated heterocycles. The van der Waals surface area contributed by atoms with E-state index in [2.05, 4.69) is 16.6 Å². The molecule has 5 nitrogen and oxygen atoms in total. The standard InChI is InChI=1S/C14H19NO4S/c1-3-19-11-12(2)15-20(17,18)14-9-5-4-7-13(14)8-6-10-16/h4-5,7,9,12,15-16H,3,10-11H2,1-2H3. The second-order valence-electron chi connectivity index (χ2n) is 4.14. The Morgan fingerprint density at radius 3 is 2.75 bits per heavy atom. The molecule has 2 N–H and O–H groups in total. The number of aliphatic hydroxyl groups is 1. The first kappa shape index (κ1) is 16.7. The van der Waals surface area contributed by atoms with E-state index in [0.29, 0.717) is 18.8 Å². The zero-order valence-corrected chi connectivity index (χ0v) is 12.4. The maximum Gasteiger partial charge on any atom is 0.242 e. The molecule has 0 radical (unpaired) electrons. The zero-order chi connectivity index (χ0) is 15.0. The summed E-state index contributed by atoms with van der Waals surface area (Å²) in [7, 11) is -3.67. The highest BCUT2D eigenvalue weighted by Gasteiger charge is 2.19. The van der Waals surface area contributed by atoms with Crippen molar-refractivity contribution < 1.29 is 18.3 Å². The zero-order valence-electron chi connectivity index (χ0n) is 11.6. The molecule has 110 valence electrons. The van der Waals surface area contributed by atoms with Crippen LogP contribution in [0.3, 0.4) is 0 Å². The fourth-order valence-corrected chi connectivity index (χ4v) is 2.99. The summed E-state index contributed by atoms with van der Waals surface area (Å²) in [6, 6.07) is 6.08. The van der Waals surface area contributed by atoms with Crippen LogP contribution in [0.4, 0.5) is 0 Å². The average Bonchev–Trinajstić information content (AvgIpc) is 2.42. The molecule has 0 aromatic heterocycles. The minimum Gasteiger partial charge on any atom is -0.384 e. The van der Waals surface area contributed by atoms with Gasteiger partial charge < -0.3 is 9.84 Å². The van der Waals surface area contributed by atoms with Gasteiger partial charge >= 0.3 is 0 Å². The second kappa shape index (κ2) is 8.02. The van der Waals surface area contributed by atoms with Crippen LogP contribution in [0.5, 0.6) is 0 Å². The van der Waals surface area contributed by atoms with Gasteiger partial charge in [-0.15, -0.1) is 0 Å². The molecule has 1 aromatic carbocycles. The fourth-order valence-electron chi connectivity index (χ4n) is 1.60. The van der Waals surface area contributed by atoms with Crippen LogP contribution in [0.2, 0.25) is 0 Å². The summed E-state index contributed by atoms with van der Waals surface area (Å²) in [4.78, 5) is 0.101. The van der Waals surface area contributed by atoms with Gasteiger partial charge in [0.1, 0.15) is 6.61 Å². The summed E-state index contributed by atoms with van der Waals surface area (Å²) in [5, 5.41) is 8.71. The molecule has 0 aliphatic carbocycles. The number of sulfonamides is 1. The summed E-state index contributed by atoms with van der Waals surface area (Å²) in [6.07, 6.45) is 0. The number of hydrogen-bond donors (Lipinski definition) is 2. The van der Waals surface area contributed by atoms with Crippen molar-refractivity contribution in [3.63, 3.8) is 0 Å². The monoisotopic (exact) mass is 297 g/mol. The van der Waals surface area contributed by atoms with Crippen molar-refractivity contribution in [2.45, 2.75) is 24.8 Å². The van der Waals surface area contributed by atoms with Crippen LogP contribution < -0.4 is 4.72 Å². The first-order chi connectivity index (χ1) is 9.51. The predicted molar refractivity (Wildman–Crippen MR) is 76.7 cm³/mol. The summed E-state index contributed by atoms with van der Waals surface area (Å²) in [5.74, 6) is 5.09. The van der Waals surface area contributed by atoms with Gasteiger partial charge in [0.2, 0.25) is 10.0 Å². The Morgan fingerprint density at radius 2 is 2.10 bits per heavy atom. The van der Waals surface area contributed by atoms with Crippen molar-refractivity contribution in [1.82, 2.24) is 4.72 Å². The summed E-state index contributed by atoms with van der Waals surface area (Å²) >= 11 is 0. The number of nitrogens with one attached hydrogen (secondary N) is 1. The van der Waals surface area contributed by atoms with Crippen LogP contribution in [-0.4, -0.2) is 39.4 Å². The molecule has 0 heterocycles. The largest absolute Gasteiger partial charge is 0.384 e. The van der Waals surface area contributed by atoms with Crippen molar-refractivity contribution >= 4 is 10.0 Å². The van der Waals surface area contributed by atoms with Gasteiger partial charge in [-0.25, -0.2) is 13.1 Å². The van der Waals surface area contributed by atoms with Crippen LogP contribution in [0.15, 0.2) is 29.2 Å². The third-order valence-corrected chi connectivity index (χ3v) is 4.05. The molecule has 1 atom stereocenters. The van der Waals surface area contributed by atoms with Gasteiger partial charge in [-0.05, 0) is 26.0 Å². The van der Waals surface area contributed by atoms with Gasteiger partial charge in [-0.2, -0.15) is 0 Å². The molecule has 0 fully saturated rings. The maximum atomic E-state index is 12.3. The fraction of sp³-hybridized carbons (Fsp3) is 0.429. The Balaban J connectivity index is 2.98. The van der Waals surface area contributed by atoms with Crippen molar-refractivity contribution in [2.75, 3.05) is 19.8 Å². The number of rotatable bonds is 6. The Morgan fingerprint density at radius 1 is 1.40 bits per heavy atom. The topological polar surface area (TPSA) is 75.6 Å². The van der Waals surface area contributed by atoms with Crippen molar-refractivity contribution in [3.8, 4) is 11.8 Å². The van der Waals surface area contributed by atoms with E-state index in [9.17, 15) is 8.42 Å². The molecule has 20 heavy (non-hydrogen) atoms. The summed E-state index contributed by atoms with van der Waals surface area (Å²) in [6.45, 7) is 4.10. The van der Waals surface area contributed by atoms with Gasteiger partial charge in [0.05, 0.1) is 11.5 Å². The number of ether oxygens (including phenoxy) is 1. The third-order valence-electron chi connectivity index (χ3n) is 2.41. The SMILES string of the molecule is CCOCC(C)NS(=O)(=O)c1ccccc1C#CCO. The van der Waals surface area contributed by atoms with E-state index in [4.69, 9.17) is 9.84 Å². The molecule has 6 heteroatoms. The highest BCUT2D eigenvalue weighted by molar-refractivity contribution is 7.89. The van der Waals surface area contributed by atoms with E-state index in [1.165, 1.54) is 6.07 Å². The first-order valence-electron chi connectivity index (χ1n) is 6.30. The Bertz CT molecular complexity index is 587. The molecule has 0 spiro atoms. The normalized spacial score (nSPS) is 12.6. The number of aliphatic hydroxyl groups excluding tert-OH is 1. The molecule has 1 unspecified atom stereocenters. The van der Waals surface area contributed by atoms with Crippen molar-refractivity contribution in [2.24, 2.45) is 0 Å². The van der Waals surface area contributed by atoms with E-state index in [1.807, 2.05) is 6.92 Å². The Labute approximate surface area is 120 Å². The van der Waals surface area contributed by atoms with Gasteiger partial charge in [0, 0.05) is 18.2 Å². The molecule has 0 aliphatic heterocycles. The highest BCUT2D eigenvalue weighted by Crippen LogP contribution is 2.14. The van der Waals surface area contributed by atoms with E-state index in [0.717, 1.165) is 0 Å². The van der Waals surface area contributed by atoms with Crippen LogP contribution in [-0.2, 0) is 14.8 Å². The van der Waals surface area contributed by atoms with Gasteiger partial charge in [0.15, 0.2) is 0 Å². The molecule has 0 saturated carbocycles. The number of benzene rings is 1. The second-order valence-corrected chi connectivity index (χ2v) is 5.82. The maximum absolute atomic E-state index is 12.3. The smallest absolute Gasteiger partial charge is 0.242 e. The molecular formula is C14H19NO4S. The van der Waals surface area contributed by atoms with Gasteiger partial charge in [-0.1, -0.05) is 24.0 Å². The lowest BCUT2D eigenvalue weighted by atomic mass is 10.2. The molecule has 0 aliphatic rings. The van der Waals surface area contributed by atoms with Crippen LogP contribution >= 0.6 is 0 Å². The highest BCUT2D eigenvalue weighted by atomic mass is 32.2. The minimum absolute atomic E-state index is 0.101. The molecular weight excluding hydrogens is 278 g/mol. The van der Waals surface area contributed by atoms with E-state index in [1.54, 1.807) is 25.1 Å². The predicted octanol–water partition coefficient (Wildman–Crippen LogP) is 0.734. The lowest BCUT2D eigenvalue weighted by molar-refractivity contribution is 0.133.